The van der Waals surface area contributed by atoms with Crippen LogP contribution < -0.4 is 20.4 Å². The number of amides is 2. The third kappa shape index (κ3) is 3.73. The number of carbonyl (C=O) groups excluding carboxylic acids is 2. The SMILES string of the molecule is O=C(S)NC[C@H]1CN(c2ccc(N3CCNCC3)c(F)c2)C(=O)O1. The van der Waals surface area contributed by atoms with Crippen molar-refractivity contribution in [2.24, 2.45) is 0 Å². The molecule has 7 nitrogen and oxygen atoms in total. The fourth-order valence-electron chi connectivity index (χ4n) is 2.87. The highest BCUT2D eigenvalue weighted by molar-refractivity contribution is 7.96. The Bertz CT molecular complexity index is 639. The second kappa shape index (κ2) is 7.27. The minimum absolute atomic E-state index is 0.173. The molecule has 2 fully saturated rings. The lowest BCUT2D eigenvalue weighted by molar-refractivity contribution is 0.141. The number of carbonyl (C=O) groups is 2. The number of nitrogens with one attached hydrogen (secondary N) is 2. The number of hydrogen-bond acceptors (Lipinski definition) is 5. The number of ether oxygens (including phenoxy) is 1. The third-order valence-corrected chi connectivity index (χ3v) is 4.21. The van der Waals surface area contributed by atoms with Gasteiger partial charge in [-0.25, -0.2) is 9.18 Å². The van der Waals surface area contributed by atoms with Crippen LogP contribution in [0.15, 0.2) is 18.2 Å². The summed E-state index contributed by atoms with van der Waals surface area (Å²) >= 11 is 3.60. The lowest BCUT2D eigenvalue weighted by atomic mass is 10.2. The molecule has 0 aliphatic carbocycles. The molecule has 2 N–H and O–H groups in total. The fraction of sp³-hybridized carbons (Fsp3) is 0.467. The molecule has 2 heterocycles. The van der Waals surface area contributed by atoms with Crippen molar-refractivity contribution in [1.29, 1.82) is 0 Å². The molecule has 1 atom stereocenters. The van der Waals surface area contributed by atoms with Crippen molar-refractivity contribution in [2.45, 2.75) is 6.10 Å². The van der Waals surface area contributed by atoms with Gasteiger partial charge in [0.1, 0.15) is 11.9 Å². The highest BCUT2D eigenvalue weighted by Gasteiger charge is 2.33. The first kappa shape index (κ1) is 16.8. The van der Waals surface area contributed by atoms with E-state index in [9.17, 15) is 14.0 Å². The summed E-state index contributed by atoms with van der Waals surface area (Å²) in [6.45, 7) is 3.54. The molecule has 0 saturated carbocycles. The van der Waals surface area contributed by atoms with Gasteiger partial charge in [0, 0.05) is 26.2 Å². The van der Waals surface area contributed by atoms with Crippen LogP contribution in [-0.4, -0.2) is 56.7 Å². The summed E-state index contributed by atoms with van der Waals surface area (Å²) in [5, 5.41) is 5.21. The lowest BCUT2D eigenvalue weighted by Gasteiger charge is -2.30. The number of cyclic esters (lactones) is 1. The highest BCUT2D eigenvalue weighted by Crippen LogP contribution is 2.28. The van der Waals surface area contributed by atoms with E-state index in [4.69, 9.17) is 4.74 Å². The van der Waals surface area contributed by atoms with Gasteiger partial charge < -0.3 is 20.3 Å². The summed E-state index contributed by atoms with van der Waals surface area (Å²) < 4.78 is 19.6. The fourth-order valence-corrected chi connectivity index (χ4v) is 2.96. The predicted molar refractivity (Wildman–Crippen MR) is 91.5 cm³/mol. The van der Waals surface area contributed by atoms with Gasteiger partial charge in [0.15, 0.2) is 0 Å². The van der Waals surface area contributed by atoms with Gasteiger partial charge in [-0.05, 0) is 18.2 Å². The van der Waals surface area contributed by atoms with E-state index in [-0.39, 0.29) is 18.9 Å². The lowest BCUT2D eigenvalue weighted by Crippen LogP contribution is -2.43. The topological polar surface area (TPSA) is 73.9 Å². The minimum atomic E-state index is -0.553. The largest absolute Gasteiger partial charge is 0.442 e. The van der Waals surface area contributed by atoms with Crippen molar-refractivity contribution in [3.05, 3.63) is 24.0 Å². The Hall–Kier alpha value is -2.00. The summed E-state index contributed by atoms with van der Waals surface area (Å²) in [6, 6.07) is 4.74. The second-order valence-corrected chi connectivity index (χ2v) is 6.08. The smallest absolute Gasteiger partial charge is 0.414 e. The molecule has 2 amide bonds. The van der Waals surface area contributed by atoms with E-state index in [2.05, 4.69) is 23.3 Å². The molecule has 130 valence electrons. The molecule has 2 aliphatic rings. The van der Waals surface area contributed by atoms with Crippen LogP contribution in [0.3, 0.4) is 0 Å². The maximum Gasteiger partial charge on any atom is 0.414 e. The van der Waals surface area contributed by atoms with Crippen molar-refractivity contribution in [2.75, 3.05) is 49.1 Å². The maximum absolute atomic E-state index is 14.5. The molecule has 1 aromatic rings. The molecule has 2 saturated heterocycles. The van der Waals surface area contributed by atoms with Gasteiger partial charge in [-0.15, -0.1) is 0 Å². The van der Waals surface area contributed by atoms with Crippen LogP contribution in [0, 0.1) is 5.82 Å². The van der Waals surface area contributed by atoms with Crippen LogP contribution in [0.4, 0.5) is 25.4 Å². The van der Waals surface area contributed by atoms with Crippen molar-refractivity contribution in [3.63, 3.8) is 0 Å². The Morgan fingerprint density at radius 3 is 2.83 bits per heavy atom. The summed E-state index contributed by atoms with van der Waals surface area (Å²) in [7, 11) is 0. The molecule has 0 radical (unpaired) electrons. The van der Waals surface area contributed by atoms with Gasteiger partial charge in [0.05, 0.1) is 24.5 Å². The van der Waals surface area contributed by atoms with Gasteiger partial charge in [0.2, 0.25) is 0 Å². The molecule has 24 heavy (non-hydrogen) atoms. The molecular formula is C15H19FN4O3S. The second-order valence-electron chi connectivity index (χ2n) is 5.68. The van der Waals surface area contributed by atoms with E-state index < -0.39 is 17.4 Å². The molecule has 9 heteroatoms. The van der Waals surface area contributed by atoms with Gasteiger partial charge >= 0.3 is 6.09 Å². The quantitative estimate of drug-likeness (QED) is 0.709. The van der Waals surface area contributed by atoms with Crippen molar-refractivity contribution < 1.29 is 18.7 Å². The molecule has 3 rings (SSSR count). The molecule has 0 bridgehead atoms. The zero-order valence-corrected chi connectivity index (χ0v) is 13.9. The summed E-state index contributed by atoms with van der Waals surface area (Å²) in [6.07, 6.45) is -1.03. The van der Waals surface area contributed by atoms with E-state index >= 15 is 0 Å². The van der Waals surface area contributed by atoms with Gasteiger partial charge in [-0.1, -0.05) is 12.6 Å². The summed E-state index contributed by atoms with van der Waals surface area (Å²) in [4.78, 5) is 26.1. The Kier molecular flexibility index (Phi) is 5.10. The van der Waals surface area contributed by atoms with Crippen LogP contribution in [-0.2, 0) is 4.74 Å². The Morgan fingerprint density at radius 1 is 1.42 bits per heavy atom. The van der Waals surface area contributed by atoms with Crippen LogP contribution in [0.2, 0.25) is 0 Å². The first-order valence-corrected chi connectivity index (χ1v) is 8.19. The van der Waals surface area contributed by atoms with E-state index in [1.807, 2.05) is 4.90 Å². The monoisotopic (exact) mass is 354 g/mol. The van der Waals surface area contributed by atoms with Crippen molar-refractivity contribution in [1.82, 2.24) is 10.6 Å². The number of halogens is 1. The van der Waals surface area contributed by atoms with Gasteiger partial charge in [0.25, 0.3) is 5.24 Å². The first-order valence-electron chi connectivity index (χ1n) is 7.75. The summed E-state index contributed by atoms with van der Waals surface area (Å²) in [5.74, 6) is -0.366. The Morgan fingerprint density at radius 2 is 2.17 bits per heavy atom. The number of nitrogens with zero attached hydrogens (tertiary/aromatic N) is 2. The molecule has 2 aliphatic heterocycles. The molecule has 0 spiro atoms. The number of rotatable bonds is 4. The number of piperazine rings is 1. The normalized spacial score (nSPS) is 20.9. The molecule has 0 unspecified atom stereocenters. The number of thiol groups is 1. The zero-order valence-electron chi connectivity index (χ0n) is 13.0. The van der Waals surface area contributed by atoms with Crippen LogP contribution in [0.5, 0.6) is 0 Å². The molecule has 0 aromatic heterocycles. The van der Waals surface area contributed by atoms with Crippen LogP contribution in [0.25, 0.3) is 0 Å². The minimum Gasteiger partial charge on any atom is -0.442 e. The molecular weight excluding hydrogens is 335 g/mol. The van der Waals surface area contributed by atoms with E-state index in [1.165, 1.54) is 11.0 Å². The molecule has 1 aromatic carbocycles. The number of anilines is 2. The summed E-state index contributed by atoms with van der Waals surface area (Å²) in [5.41, 5.74) is 0.975. The standard InChI is InChI=1S/C15H19FN4O3S/c16-12-7-10(1-2-13(12)19-5-3-17-4-6-19)20-9-11(23-15(20)22)8-18-14(21)24/h1-2,7,11,17H,3-6,8-9H2,(H2,18,21,24)/t11-/m0/s1. The van der Waals surface area contributed by atoms with Crippen LogP contribution in [0.1, 0.15) is 0 Å². The van der Waals surface area contributed by atoms with E-state index in [0.29, 0.717) is 11.4 Å². The highest BCUT2D eigenvalue weighted by atomic mass is 32.1. The van der Waals surface area contributed by atoms with Crippen molar-refractivity contribution >= 4 is 35.3 Å². The predicted octanol–water partition coefficient (Wildman–Crippen LogP) is 1.20. The van der Waals surface area contributed by atoms with Gasteiger partial charge in [-0.3, -0.25) is 9.69 Å². The van der Waals surface area contributed by atoms with Gasteiger partial charge in [-0.2, -0.15) is 0 Å². The maximum atomic E-state index is 14.5. The van der Waals surface area contributed by atoms with E-state index in [1.54, 1.807) is 12.1 Å². The first-order chi connectivity index (χ1) is 11.5. The third-order valence-electron chi connectivity index (χ3n) is 4.06. The Labute approximate surface area is 144 Å². The average Bonchev–Trinajstić information content (AvgIpc) is 2.94. The van der Waals surface area contributed by atoms with E-state index in [0.717, 1.165) is 26.2 Å². The zero-order chi connectivity index (χ0) is 17.1. The Balaban J connectivity index is 1.69. The van der Waals surface area contributed by atoms with Crippen molar-refractivity contribution in [3.8, 4) is 0 Å². The van der Waals surface area contributed by atoms with Crippen LogP contribution >= 0.6 is 12.6 Å². The average molecular weight is 354 g/mol. The number of hydrogen-bond donors (Lipinski definition) is 3. The number of benzene rings is 1.